The molecule has 31 heavy (non-hydrogen) atoms. The van der Waals surface area contributed by atoms with Gasteiger partial charge in [-0.1, -0.05) is 43.2 Å². The summed E-state index contributed by atoms with van der Waals surface area (Å²) in [7, 11) is 1.68. The summed E-state index contributed by atoms with van der Waals surface area (Å²) in [4.78, 5) is 30.5. The SMILES string of the molecule is Cc1c(/C=C2\SC(=S)N(C3CCCCC3)C2=O)c(N2CCOCC2)n(C)c(=O)c1C#N. The summed E-state index contributed by atoms with van der Waals surface area (Å²) >= 11 is 6.88. The van der Waals surface area contributed by atoms with E-state index in [-0.39, 0.29) is 23.1 Å². The molecule has 3 fully saturated rings. The number of morpholine rings is 1. The number of nitrogens with zero attached hydrogens (tertiary/aromatic N) is 4. The first kappa shape index (κ1) is 22.1. The largest absolute Gasteiger partial charge is 0.378 e. The quantitative estimate of drug-likeness (QED) is 0.509. The molecule has 0 aromatic carbocycles. The monoisotopic (exact) mass is 458 g/mol. The van der Waals surface area contributed by atoms with E-state index in [1.165, 1.54) is 22.7 Å². The Morgan fingerprint density at radius 1 is 1.19 bits per heavy atom. The summed E-state index contributed by atoms with van der Waals surface area (Å²) < 4.78 is 7.59. The molecular formula is C22H26N4O3S2. The van der Waals surface area contributed by atoms with Crippen LogP contribution >= 0.6 is 24.0 Å². The van der Waals surface area contributed by atoms with Crippen LogP contribution in [-0.4, -0.2) is 52.0 Å². The Balaban J connectivity index is 1.80. The van der Waals surface area contributed by atoms with Gasteiger partial charge in [-0.2, -0.15) is 5.26 Å². The third-order valence-corrected chi connectivity index (χ3v) is 7.65. The van der Waals surface area contributed by atoms with Crippen LogP contribution in [0.25, 0.3) is 6.08 Å². The topological polar surface area (TPSA) is 78.6 Å². The van der Waals surface area contributed by atoms with Gasteiger partial charge in [-0.3, -0.25) is 19.1 Å². The minimum Gasteiger partial charge on any atom is -0.378 e. The molecule has 2 saturated heterocycles. The van der Waals surface area contributed by atoms with E-state index in [0.717, 1.165) is 31.2 Å². The number of carbonyl (C=O) groups excluding carboxylic acids is 1. The lowest BCUT2D eigenvalue weighted by atomic mass is 9.94. The Morgan fingerprint density at radius 3 is 2.52 bits per heavy atom. The molecule has 3 aliphatic rings. The van der Waals surface area contributed by atoms with Crippen LogP contribution in [-0.2, 0) is 16.6 Å². The zero-order chi connectivity index (χ0) is 22.1. The number of nitriles is 1. The average Bonchev–Trinajstić information content (AvgIpc) is 3.06. The van der Waals surface area contributed by atoms with Crippen molar-refractivity contribution in [2.45, 2.75) is 45.1 Å². The van der Waals surface area contributed by atoms with Gasteiger partial charge in [0.15, 0.2) is 0 Å². The zero-order valence-corrected chi connectivity index (χ0v) is 19.5. The number of thioether (sulfide) groups is 1. The Hall–Kier alpha value is -2.15. The molecule has 1 aromatic rings. The molecule has 1 aliphatic carbocycles. The van der Waals surface area contributed by atoms with E-state index in [1.807, 2.05) is 12.1 Å². The molecule has 0 atom stereocenters. The molecule has 0 bridgehead atoms. The highest BCUT2D eigenvalue weighted by Crippen LogP contribution is 2.39. The maximum atomic E-state index is 13.3. The van der Waals surface area contributed by atoms with E-state index in [1.54, 1.807) is 18.9 Å². The highest BCUT2D eigenvalue weighted by atomic mass is 32.2. The van der Waals surface area contributed by atoms with Crippen LogP contribution in [0.4, 0.5) is 5.82 Å². The third-order valence-electron chi connectivity index (χ3n) is 6.32. The smallest absolute Gasteiger partial charge is 0.270 e. The summed E-state index contributed by atoms with van der Waals surface area (Å²) in [5, 5.41) is 9.60. The van der Waals surface area contributed by atoms with Crippen LogP contribution < -0.4 is 10.5 Å². The van der Waals surface area contributed by atoms with Crippen LogP contribution in [0, 0.1) is 18.3 Å². The first-order valence-corrected chi connectivity index (χ1v) is 11.9. The Labute approximate surface area is 191 Å². The van der Waals surface area contributed by atoms with Crippen molar-refractivity contribution in [3.05, 3.63) is 31.9 Å². The molecule has 9 heteroatoms. The van der Waals surface area contributed by atoms with E-state index in [4.69, 9.17) is 17.0 Å². The zero-order valence-electron chi connectivity index (χ0n) is 17.8. The van der Waals surface area contributed by atoms with E-state index in [9.17, 15) is 14.9 Å². The standard InChI is InChI=1S/C22H26N4O3S2/c1-14-16(12-18-21(28)26(22(30)31-18)15-6-4-3-5-7-15)19(25-8-10-29-11-9-25)24(2)20(27)17(14)13-23/h12,15H,3-11H2,1-2H3/b18-12-. The number of hydrogen-bond acceptors (Lipinski definition) is 7. The number of aromatic nitrogens is 1. The Kier molecular flexibility index (Phi) is 6.51. The molecule has 0 spiro atoms. The Morgan fingerprint density at radius 2 is 1.87 bits per heavy atom. The molecular weight excluding hydrogens is 432 g/mol. The van der Waals surface area contributed by atoms with Gasteiger partial charge < -0.3 is 9.64 Å². The lowest BCUT2D eigenvalue weighted by Gasteiger charge is -2.32. The van der Waals surface area contributed by atoms with E-state index in [0.29, 0.717) is 46.9 Å². The Bertz CT molecular complexity index is 1040. The van der Waals surface area contributed by atoms with Crippen molar-refractivity contribution < 1.29 is 9.53 Å². The second-order valence-electron chi connectivity index (χ2n) is 8.16. The number of thiocarbonyl (C=S) groups is 1. The van der Waals surface area contributed by atoms with Crippen molar-refractivity contribution in [1.82, 2.24) is 9.47 Å². The van der Waals surface area contributed by atoms with Crippen LogP contribution in [0.3, 0.4) is 0 Å². The van der Waals surface area contributed by atoms with Crippen molar-refractivity contribution >= 4 is 46.1 Å². The lowest BCUT2D eigenvalue weighted by molar-refractivity contribution is -0.124. The minimum atomic E-state index is -0.326. The number of ether oxygens (including phenoxy) is 1. The minimum absolute atomic E-state index is 0.0680. The van der Waals surface area contributed by atoms with Gasteiger partial charge in [-0.15, -0.1) is 0 Å². The highest BCUT2D eigenvalue weighted by molar-refractivity contribution is 8.26. The van der Waals surface area contributed by atoms with Gasteiger partial charge in [0.25, 0.3) is 11.5 Å². The van der Waals surface area contributed by atoms with Crippen LogP contribution in [0.1, 0.15) is 48.8 Å². The maximum absolute atomic E-state index is 13.3. The van der Waals surface area contributed by atoms with Crippen molar-refractivity contribution in [3.8, 4) is 6.07 Å². The molecule has 7 nitrogen and oxygen atoms in total. The first-order chi connectivity index (χ1) is 14.9. The van der Waals surface area contributed by atoms with E-state index >= 15 is 0 Å². The summed E-state index contributed by atoms with van der Waals surface area (Å²) in [6.07, 6.45) is 7.23. The van der Waals surface area contributed by atoms with Crippen molar-refractivity contribution in [3.63, 3.8) is 0 Å². The fourth-order valence-corrected chi connectivity index (χ4v) is 6.02. The van der Waals surface area contributed by atoms with Crippen molar-refractivity contribution in [1.29, 1.82) is 5.26 Å². The van der Waals surface area contributed by atoms with Crippen LogP contribution in [0.15, 0.2) is 9.70 Å². The summed E-state index contributed by atoms with van der Waals surface area (Å²) in [5.41, 5.74) is 1.10. The van der Waals surface area contributed by atoms with E-state index < -0.39 is 0 Å². The molecule has 2 aliphatic heterocycles. The van der Waals surface area contributed by atoms with Crippen LogP contribution in [0.2, 0.25) is 0 Å². The number of carbonyl (C=O) groups is 1. The fraction of sp³-hybridized carbons (Fsp3) is 0.545. The number of pyridine rings is 1. The predicted molar refractivity (Wildman–Crippen MR) is 126 cm³/mol. The third kappa shape index (κ3) is 4.04. The van der Waals surface area contributed by atoms with Crippen LogP contribution in [0.5, 0.6) is 0 Å². The van der Waals surface area contributed by atoms with E-state index in [2.05, 4.69) is 4.90 Å². The van der Waals surface area contributed by atoms with Gasteiger partial charge in [0.2, 0.25) is 0 Å². The van der Waals surface area contributed by atoms with Crippen molar-refractivity contribution in [2.24, 2.45) is 7.05 Å². The number of anilines is 1. The second-order valence-corrected chi connectivity index (χ2v) is 9.83. The lowest BCUT2D eigenvalue weighted by Crippen LogP contribution is -2.41. The number of hydrogen-bond donors (Lipinski definition) is 0. The molecule has 0 N–H and O–H groups in total. The molecule has 3 heterocycles. The summed E-state index contributed by atoms with van der Waals surface area (Å²) in [6.45, 7) is 4.19. The fourth-order valence-electron chi connectivity index (χ4n) is 4.63. The number of rotatable bonds is 3. The molecule has 164 valence electrons. The van der Waals surface area contributed by atoms with Gasteiger partial charge in [-0.25, -0.2) is 0 Å². The van der Waals surface area contributed by atoms with Gasteiger partial charge in [0, 0.05) is 31.7 Å². The van der Waals surface area contributed by atoms with Gasteiger partial charge in [-0.05, 0) is 31.4 Å². The highest BCUT2D eigenvalue weighted by Gasteiger charge is 2.38. The second kappa shape index (κ2) is 9.15. The molecule has 0 radical (unpaired) electrons. The summed E-state index contributed by atoms with van der Waals surface area (Å²) in [6, 6.07) is 2.21. The molecule has 1 amide bonds. The van der Waals surface area contributed by atoms with Gasteiger partial charge in [0.05, 0.1) is 18.1 Å². The van der Waals surface area contributed by atoms with Gasteiger partial charge >= 0.3 is 0 Å². The maximum Gasteiger partial charge on any atom is 0.270 e. The van der Waals surface area contributed by atoms with Crippen molar-refractivity contribution in [2.75, 3.05) is 31.2 Å². The summed E-state index contributed by atoms with van der Waals surface area (Å²) in [5.74, 6) is 0.648. The average molecular weight is 459 g/mol. The molecule has 1 aromatic heterocycles. The normalized spacial score (nSPS) is 21.8. The number of amides is 1. The molecule has 0 unspecified atom stereocenters. The predicted octanol–water partition coefficient (Wildman–Crippen LogP) is 2.94. The van der Waals surface area contributed by atoms with Gasteiger partial charge in [0.1, 0.15) is 21.8 Å². The molecule has 1 saturated carbocycles. The first-order valence-electron chi connectivity index (χ1n) is 10.7. The molecule has 4 rings (SSSR count).